The first-order valence-electron chi connectivity index (χ1n) is 10.2. The van der Waals surface area contributed by atoms with Crippen LogP contribution in [0.5, 0.6) is 0 Å². The quantitative estimate of drug-likeness (QED) is 0.350. The number of benzene rings is 2. The fourth-order valence-corrected chi connectivity index (χ4v) is 4.21. The van der Waals surface area contributed by atoms with Crippen molar-refractivity contribution in [2.75, 3.05) is 5.32 Å². The molecule has 0 radical (unpaired) electrons. The fraction of sp³-hybridized carbons (Fsp3) is 0.208. The lowest BCUT2D eigenvalue weighted by molar-refractivity contribution is 0.353. The van der Waals surface area contributed by atoms with Gasteiger partial charge in [0.15, 0.2) is 5.79 Å². The first kappa shape index (κ1) is 18.5. The van der Waals surface area contributed by atoms with Gasteiger partial charge in [-0.05, 0) is 62.2 Å². The fourth-order valence-electron chi connectivity index (χ4n) is 4.21. The maximum Gasteiger partial charge on any atom is 0.184 e. The molecule has 5 rings (SSSR count). The summed E-state index contributed by atoms with van der Waals surface area (Å²) in [5, 5.41) is 9.18. The summed E-state index contributed by atoms with van der Waals surface area (Å²) >= 11 is 0. The summed E-state index contributed by atoms with van der Waals surface area (Å²) in [7, 11) is 0. The monoisotopic (exact) mass is 398 g/mol. The number of fused-ring (bicyclic) bond motifs is 2. The van der Waals surface area contributed by atoms with Gasteiger partial charge < -0.3 is 20.6 Å². The Kier molecular flexibility index (Phi) is 4.37. The molecule has 4 aromatic rings. The second kappa shape index (κ2) is 7.07. The number of H-pyrrole nitrogens is 2. The van der Waals surface area contributed by atoms with Crippen LogP contribution in [-0.4, -0.2) is 21.6 Å². The third kappa shape index (κ3) is 3.57. The Hall–Kier alpha value is -3.51. The highest BCUT2D eigenvalue weighted by molar-refractivity contribution is 6.05. The van der Waals surface area contributed by atoms with Crippen molar-refractivity contribution in [3.8, 4) is 0 Å². The molecule has 0 saturated heterocycles. The number of aliphatic imine (C=N–C) groups is 1. The Morgan fingerprint density at radius 1 is 1.07 bits per heavy atom. The largest absolute Gasteiger partial charge is 0.361 e. The maximum atomic E-state index is 6.65. The van der Waals surface area contributed by atoms with Gasteiger partial charge in [0, 0.05) is 51.5 Å². The molecule has 0 spiro atoms. The summed E-state index contributed by atoms with van der Waals surface area (Å²) in [5.41, 5.74) is 13.3. The van der Waals surface area contributed by atoms with Crippen molar-refractivity contribution in [1.29, 1.82) is 0 Å². The van der Waals surface area contributed by atoms with E-state index in [4.69, 9.17) is 10.7 Å². The Morgan fingerprint density at radius 3 is 2.83 bits per heavy atom. The molecule has 0 bridgehead atoms. The van der Waals surface area contributed by atoms with E-state index in [-0.39, 0.29) is 0 Å². The molecule has 2 aromatic carbocycles. The summed E-state index contributed by atoms with van der Waals surface area (Å²) in [4.78, 5) is 11.5. The zero-order valence-corrected chi connectivity index (χ0v) is 17.2. The molecule has 6 N–H and O–H groups in total. The van der Waals surface area contributed by atoms with Crippen LogP contribution in [0.2, 0.25) is 0 Å². The maximum absolute atomic E-state index is 6.65. The smallest absolute Gasteiger partial charge is 0.184 e. The van der Waals surface area contributed by atoms with Gasteiger partial charge in [0.1, 0.15) is 5.84 Å². The number of allylic oxidation sites excluding steroid dienone is 1. The lowest BCUT2D eigenvalue weighted by atomic mass is 10.0. The van der Waals surface area contributed by atoms with E-state index in [1.807, 2.05) is 19.1 Å². The molecular weight excluding hydrogens is 372 g/mol. The molecule has 1 aliphatic heterocycles. The molecule has 1 unspecified atom stereocenters. The number of nitrogens with zero attached hydrogens (tertiary/aromatic N) is 1. The summed E-state index contributed by atoms with van der Waals surface area (Å²) < 4.78 is 0. The normalized spacial score (nSPS) is 18.9. The molecule has 1 aliphatic rings. The number of aromatic nitrogens is 2. The van der Waals surface area contributed by atoms with Crippen molar-refractivity contribution in [2.24, 2.45) is 10.7 Å². The average Bonchev–Trinajstić information content (AvgIpc) is 3.28. The summed E-state index contributed by atoms with van der Waals surface area (Å²) in [6.07, 6.45) is 5.56. The number of aromatic amines is 2. The van der Waals surface area contributed by atoms with Crippen molar-refractivity contribution in [1.82, 2.24) is 15.3 Å². The zero-order valence-electron chi connectivity index (χ0n) is 17.2. The number of nitrogens with two attached hydrogens (primary N) is 1. The number of nitrogens with one attached hydrogen (secondary N) is 4. The second-order valence-corrected chi connectivity index (χ2v) is 8.11. The lowest BCUT2D eigenvalue weighted by Gasteiger charge is -2.32. The molecule has 6 nitrogen and oxygen atoms in total. The summed E-state index contributed by atoms with van der Waals surface area (Å²) in [6.45, 7) is 4.08. The number of anilines is 1. The van der Waals surface area contributed by atoms with E-state index in [1.165, 1.54) is 16.3 Å². The van der Waals surface area contributed by atoms with Gasteiger partial charge in [-0.3, -0.25) is 5.73 Å². The standard InChI is InChI=1S/C24H26N6/c1-15-11-18-13-19(7-8-21(18)27-15)28-23-12-16(2)29-24(25,30-23)10-9-17-14-26-22-6-4-3-5-20(17)22/h3-8,11-14,26-27,29H,9-10,25H2,1-2H3,(H,28,30). The van der Waals surface area contributed by atoms with Crippen molar-refractivity contribution >= 4 is 33.3 Å². The predicted molar refractivity (Wildman–Crippen MR) is 125 cm³/mol. The minimum absolute atomic E-state index is 0.682. The first-order chi connectivity index (χ1) is 14.5. The molecular formula is C24H26N6. The van der Waals surface area contributed by atoms with Gasteiger partial charge in [-0.25, -0.2) is 4.99 Å². The Bertz CT molecular complexity index is 1290. The number of hydrogen-bond acceptors (Lipinski definition) is 4. The van der Waals surface area contributed by atoms with E-state index < -0.39 is 5.79 Å². The minimum Gasteiger partial charge on any atom is -0.361 e. The van der Waals surface area contributed by atoms with E-state index in [2.05, 4.69) is 76.2 Å². The SMILES string of the molecule is CC1=CC(Nc2ccc3[nH]c(C)cc3c2)=NC(N)(CCc2c[nH]c3ccccc23)N1. The van der Waals surface area contributed by atoms with Crippen molar-refractivity contribution in [3.63, 3.8) is 0 Å². The molecule has 30 heavy (non-hydrogen) atoms. The van der Waals surface area contributed by atoms with Crippen molar-refractivity contribution < 1.29 is 0 Å². The second-order valence-electron chi connectivity index (χ2n) is 8.11. The van der Waals surface area contributed by atoms with Gasteiger partial charge in [-0.15, -0.1) is 0 Å². The Balaban J connectivity index is 1.36. The van der Waals surface area contributed by atoms with E-state index in [1.54, 1.807) is 0 Å². The molecule has 152 valence electrons. The van der Waals surface area contributed by atoms with Crippen LogP contribution in [0.15, 0.2) is 71.5 Å². The molecule has 0 amide bonds. The van der Waals surface area contributed by atoms with E-state index in [9.17, 15) is 0 Å². The van der Waals surface area contributed by atoms with Crippen LogP contribution in [0.25, 0.3) is 21.8 Å². The van der Waals surface area contributed by atoms with Gasteiger partial charge >= 0.3 is 0 Å². The third-order valence-corrected chi connectivity index (χ3v) is 5.57. The van der Waals surface area contributed by atoms with Gasteiger partial charge in [0.25, 0.3) is 0 Å². The van der Waals surface area contributed by atoms with E-state index in [0.717, 1.165) is 40.4 Å². The van der Waals surface area contributed by atoms with Crippen LogP contribution in [0.1, 0.15) is 24.6 Å². The van der Waals surface area contributed by atoms with Crippen LogP contribution >= 0.6 is 0 Å². The Labute approximate surface area is 175 Å². The number of para-hydroxylation sites is 1. The number of rotatable bonds is 4. The molecule has 0 fully saturated rings. The van der Waals surface area contributed by atoms with Crippen LogP contribution in [-0.2, 0) is 6.42 Å². The van der Waals surface area contributed by atoms with Crippen molar-refractivity contribution in [3.05, 3.63) is 77.8 Å². The van der Waals surface area contributed by atoms with Crippen molar-refractivity contribution in [2.45, 2.75) is 32.5 Å². The van der Waals surface area contributed by atoms with Gasteiger partial charge in [-0.2, -0.15) is 0 Å². The van der Waals surface area contributed by atoms with E-state index >= 15 is 0 Å². The summed E-state index contributed by atoms with van der Waals surface area (Å²) in [6, 6.07) is 16.7. The van der Waals surface area contributed by atoms with E-state index in [0.29, 0.717) is 6.42 Å². The highest BCUT2D eigenvalue weighted by Crippen LogP contribution is 2.24. The zero-order chi connectivity index (χ0) is 20.7. The molecule has 0 aliphatic carbocycles. The lowest BCUT2D eigenvalue weighted by Crippen LogP contribution is -2.54. The van der Waals surface area contributed by atoms with Gasteiger partial charge in [0.05, 0.1) is 0 Å². The molecule has 3 heterocycles. The Morgan fingerprint density at radius 2 is 1.93 bits per heavy atom. The average molecular weight is 399 g/mol. The molecule has 1 atom stereocenters. The molecule has 2 aromatic heterocycles. The highest BCUT2D eigenvalue weighted by atomic mass is 15.3. The van der Waals surface area contributed by atoms with Crippen LogP contribution in [0.4, 0.5) is 5.69 Å². The number of aryl methyl sites for hydroxylation is 2. The van der Waals surface area contributed by atoms with Gasteiger partial charge in [-0.1, -0.05) is 18.2 Å². The minimum atomic E-state index is -0.853. The molecule has 0 saturated carbocycles. The highest BCUT2D eigenvalue weighted by Gasteiger charge is 2.27. The van der Waals surface area contributed by atoms with Crippen LogP contribution < -0.4 is 16.4 Å². The summed E-state index contributed by atoms with van der Waals surface area (Å²) in [5.74, 6) is -0.0896. The topological polar surface area (TPSA) is 94.0 Å². The van der Waals surface area contributed by atoms with Crippen LogP contribution in [0, 0.1) is 6.92 Å². The molecule has 6 heteroatoms. The predicted octanol–water partition coefficient (Wildman–Crippen LogP) is 4.52. The number of hydrogen-bond donors (Lipinski definition) is 5. The van der Waals surface area contributed by atoms with Gasteiger partial charge in [0.2, 0.25) is 0 Å². The first-order valence-corrected chi connectivity index (χ1v) is 10.2. The third-order valence-electron chi connectivity index (χ3n) is 5.57. The van der Waals surface area contributed by atoms with Crippen LogP contribution in [0.3, 0.4) is 0 Å². The number of amidine groups is 1.